The molecule has 226 valence electrons. The Hall–Kier alpha value is -2.10. The number of rotatable bonds is 1. The van der Waals surface area contributed by atoms with Crippen LogP contribution in [0, 0.1) is 17.8 Å². The van der Waals surface area contributed by atoms with Crippen LogP contribution in [0.25, 0.3) is 0 Å². The molecule has 4 N–H and O–H groups in total. The number of aliphatic hydroxyl groups is 4. The SMILES string of the molecule is C=C1/C=C(\C)[C@H](C)C[C@@H](O)CC(=O)[C@H](O)[C@H](O)[C@H](C)C[C@H](CO)OC(=O)/C(C)=C/CC/C=C/[C@@H]2O[C@H]2C[C@H](C)C1. The molecule has 2 aliphatic heterocycles. The number of carbonyl (C=O) groups excluding carboxylic acids is 2. The van der Waals surface area contributed by atoms with Gasteiger partial charge in [0, 0.05) is 12.0 Å². The highest BCUT2D eigenvalue weighted by atomic mass is 16.6. The van der Waals surface area contributed by atoms with Crippen LogP contribution in [0.2, 0.25) is 0 Å². The Bertz CT molecular complexity index is 951. The fourth-order valence-electron chi connectivity index (χ4n) is 5.17. The van der Waals surface area contributed by atoms with Gasteiger partial charge in [-0.15, -0.1) is 0 Å². The number of carbonyl (C=O) groups is 2. The molecule has 0 radical (unpaired) electrons. The van der Waals surface area contributed by atoms with Gasteiger partial charge < -0.3 is 29.9 Å². The lowest BCUT2D eigenvalue weighted by atomic mass is 9.88. The molecule has 0 bridgehead atoms. The highest BCUT2D eigenvalue weighted by Gasteiger charge is 2.37. The number of hydrogen-bond donors (Lipinski definition) is 4. The number of ether oxygens (including phenoxy) is 2. The monoisotopic (exact) mass is 562 g/mol. The van der Waals surface area contributed by atoms with Gasteiger partial charge >= 0.3 is 5.97 Å². The highest BCUT2D eigenvalue weighted by Crippen LogP contribution is 2.32. The Labute approximate surface area is 239 Å². The van der Waals surface area contributed by atoms with E-state index in [0.717, 1.165) is 30.4 Å². The summed E-state index contributed by atoms with van der Waals surface area (Å²) in [6.45, 7) is 13.1. The van der Waals surface area contributed by atoms with Crippen molar-refractivity contribution in [3.63, 3.8) is 0 Å². The molecule has 0 spiro atoms. The van der Waals surface area contributed by atoms with Crippen LogP contribution in [0.5, 0.6) is 0 Å². The Kier molecular flexibility index (Phi) is 14.0. The van der Waals surface area contributed by atoms with Gasteiger partial charge in [0.1, 0.15) is 18.3 Å². The lowest BCUT2D eigenvalue weighted by Crippen LogP contribution is -2.41. The lowest BCUT2D eigenvalue weighted by Gasteiger charge is -2.27. The second-order valence-corrected chi connectivity index (χ2v) is 11.9. The zero-order valence-corrected chi connectivity index (χ0v) is 24.8. The van der Waals surface area contributed by atoms with E-state index < -0.39 is 48.7 Å². The Morgan fingerprint density at radius 3 is 2.38 bits per heavy atom. The minimum Gasteiger partial charge on any atom is -0.457 e. The highest BCUT2D eigenvalue weighted by molar-refractivity contribution is 5.87. The van der Waals surface area contributed by atoms with Crippen molar-refractivity contribution in [3.05, 3.63) is 47.6 Å². The smallest absolute Gasteiger partial charge is 0.333 e. The maximum Gasteiger partial charge on any atom is 0.333 e. The number of fused-ring (bicyclic) bond motifs is 1. The molecule has 9 atom stereocenters. The van der Waals surface area contributed by atoms with Crippen molar-refractivity contribution in [1.29, 1.82) is 0 Å². The molecule has 0 aromatic carbocycles. The van der Waals surface area contributed by atoms with Gasteiger partial charge in [-0.1, -0.05) is 62.8 Å². The summed E-state index contributed by atoms with van der Waals surface area (Å²) in [5.41, 5.74) is 2.47. The van der Waals surface area contributed by atoms with Gasteiger partial charge in [0.05, 0.1) is 24.9 Å². The van der Waals surface area contributed by atoms with E-state index in [2.05, 4.69) is 25.7 Å². The molecule has 0 aromatic rings. The van der Waals surface area contributed by atoms with E-state index in [1.807, 2.05) is 19.9 Å². The van der Waals surface area contributed by atoms with Crippen molar-refractivity contribution >= 4 is 11.8 Å². The maximum absolute atomic E-state index is 12.6. The predicted octanol–water partition coefficient (Wildman–Crippen LogP) is 3.97. The molecule has 2 aliphatic rings. The number of Topliss-reactive ketones (excluding diaryl/α,β-unsaturated/α-hetero) is 1. The van der Waals surface area contributed by atoms with Gasteiger partial charge in [0.25, 0.3) is 0 Å². The molecule has 1 fully saturated rings. The first kappa shape index (κ1) is 34.1. The van der Waals surface area contributed by atoms with Gasteiger partial charge in [-0.25, -0.2) is 4.79 Å². The van der Waals surface area contributed by atoms with Crippen LogP contribution >= 0.6 is 0 Å². The van der Waals surface area contributed by atoms with E-state index >= 15 is 0 Å². The van der Waals surface area contributed by atoms with Crippen molar-refractivity contribution < 1.29 is 39.5 Å². The summed E-state index contributed by atoms with van der Waals surface area (Å²) in [5.74, 6) is -1.49. The van der Waals surface area contributed by atoms with E-state index in [4.69, 9.17) is 9.47 Å². The minimum atomic E-state index is -1.70. The van der Waals surface area contributed by atoms with Crippen LogP contribution in [-0.4, -0.2) is 75.4 Å². The van der Waals surface area contributed by atoms with Crippen LogP contribution in [0.1, 0.15) is 79.6 Å². The molecule has 2 heterocycles. The third-order valence-electron chi connectivity index (χ3n) is 7.92. The summed E-state index contributed by atoms with van der Waals surface area (Å²) in [6.07, 6.45) is 6.52. The van der Waals surface area contributed by atoms with Crippen molar-refractivity contribution in [2.45, 2.75) is 116 Å². The lowest BCUT2D eigenvalue weighted by molar-refractivity contribution is -0.149. The summed E-state index contributed by atoms with van der Waals surface area (Å²) in [5, 5.41) is 41.3. The second-order valence-electron chi connectivity index (χ2n) is 11.9. The zero-order valence-electron chi connectivity index (χ0n) is 24.8. The number of allylic oxidation sites excluding steroid dienone is 5. The van der Waals surface area contributed by atoms with Crippen molar-refractivity contribution in [2.75, 3.05) is 6.61 Å². The molecular formula is C32H50O8. The van der Waals surface area contributed by atoms with Crippen molar-refractivity contribution in [2.24, 2.45) is 17.8 Å². The van der Waals surface area contributed by atoms with Crippen LogP contribution in [-0.2, 0) is 19.1 Å². The van der Waals surface area contributed by atoms with Gasteiger partial charge in [-0.3, -0.25) is 4.79 Å². The fraction of sp³-hybridized carbons (Fsp3) is 0.688. The first-order valence-corrected chi connectivity index (χ1v) is 14.6. The topological polar surface area (TPSA) is 137 Å². The molecule has 8 nitrogen and oxygen atoms in total. The standard InChI is InChI=1S/C32H50O8/c1-19-12-20(2)14-29-28(40-29)11-9-7-8-10-21(3)32(38)39-26(18-33)16-24(6)30(36)31(37)27(35)17-25(34)15-23(5)22(4)13-19/h9-11,13,20,23-26,28-31,33-34,36-37H,1,7-8,12,14-18H2,2-6H3/b11-9+,21-10+,22-13+/t20-,23-,24-,25-,26-,28+,29+,30-,31+/m1/s1. The number of aliphatic hydroxyl groups excluding tert-OH is 4. The molecule has 0 aromatic heterocycles. The summed E-state index contributed by atoms with van der Waals surface area (Å²) in [7, 11) is 0. The summed E-state index contributed by atoms with van der Waals surface area (Å²) in [4.78, 5) is 25.1. The first-order valence-electron chi connectivity index (χ1n) is 14.6. The van der Waals surface area contributed by atoms with Gasteiger partial charge in [-0.2, -0.15) is 0 Å². The molecular weight excluding hydrogens is 512 g/mol. The second kappa shape index (κ2) is 16.4. The predicted molar refractivity (Wildman–Crippen MR) is 154 cm³/mol. The molecule has 8 heteroatoms. The van der Waals surface area contributed by atoms with Gasteiger partial charge in [-0.05, 0) is 70.1 Å². The number of esters is 1. The number of cyclic esters (lactones) is 1. The zero-order chi connectivity index (χ0) is 30.0. The Balaban J connectivity index is 2.13. The number of epoxide rings is 1. The summed E-state index contributed by atoms with van der Waals surface area (Å²) >= 11 is 0. The average Bonchev–Trinajstić information content (AvgIpc) is 3.62. The summed E-state index contributed by atoms with van der Waals surface area (Å²) in [6, 6.07) is 0. The summed E-state index contributed by atoms with van der Waals surface area (Å²) < 4.78 is 11.2. The first-order chi connectivity index (χ1) is 18.8. The van der Waals surface area contributed by atoms with E-state index in [-0.39, 0.29) is 31.0 Å². The average molecular weight is 563 g/mol. The van der Waals surface area contributed by atoms with Crippen molar-refractivity contribution in [3.8, 4) is 0 Å². The molecule has 0 aliphatic carbocycles. The minimum absolute atomic E-state index is 0.00630. The molecule has 0 unspecified atom stereocenters. The Morgan fingerprint density at radius 2 is 1.70 bits per heavy atom. The molecule has 0 saturated carbocycles. The van der Waals surface area contributed by atoms with Gasteiger partial charge in [0.15, 0.2) is 5.78 Å². The van der Waals surface area contributed by atoms with Crippen LogP contribution in [0.15, 0.2) is 47.6 Å². The van der Waals surface area contributed by atoms with E-state index in [9.17, 15) is 30.0 Å². The third-order valence-corrected chi connectivity index (χ3v) is 7.92. The van der Waals surface area contributed by atoms with Crippen LogP contribution in [0.3, 0.4) is 0 Å². The number of ketones is 1. The molecule has 0 amide bonds. The van der Waals surface area contributed by atoms with Gasteiger partial charge in [0.2, 0.25) is 0 Å². The van der Waals surface area contributed by atoms with E-state index in [1.54, 1.807) is 19.9 Å². The van der Waals surface area contributed by atoms with E-state index in [1.165, 1.54) is 0 Å². The fourth-order valence-corrected chi connectivity index (χ4v) is 5.17. The van der Waals surface area contributed by atoms with Crippen LogP contribution in [0.4, 0.5) is 0 Å². The largest absolute Gasteiger partial charge is 0.457 e. The molecule has 1 saturated heterocycles. The van der Waals surface area contributed by atoms with Crippen LogP contribution < -0.4 is 0 Å². The normalized spacial score (nSPS) is 40.1. The third kappa shape index (κ3) is 11.4. The molecule has 2 rings (SSSR count). The number of hydrogen-bond acceptors (Lipinski definition) is 8. The Morgan fingerprint density at radius 1 is 1.00 bits per heavy atom. The maximum atomic E-state index is 12.6. The molecule has 40 heavy (non-hydrogen) atoms. The quantitative estimate of drug-likeness (QED) is 0.214. The van der Waals surface area contributed by atoms with E-state index in [0.29, 0.717) is 24.3 Å². The van der Waals surface area contributed by atoms with Crippen molar-refractivity contribution in [1.82, 2.24) is 0 Å².